The Hall–Kier alpha value is -0.330. The maximum atomic E-state index is 12.7. The first-order valence-electron chi connectivity index (χ1n) is 6.95. The van der Waals surface area contributed by atoms with Gasteiger partial charge in [0.1, 0.15) is 5.25 Å². The number of ether oxygens (including phenoxy) is 1. The van der Waals surface area contributed by atoms with Gasteiger partial charge in [-0.1, -0.05) is 28.1 Å². The molecule has 0 N–H and O–H groups in total. The monoisotopic (exact) mass is 410 g/mol. The van der Waals surface area contributed by atoms with Crippen LogP contribution in [0.25, 0.3) is 0 Å². The van der Waals surface area contributed by atoms with E-state index < -0.39 is 18.0 Å². The summed E-state index contributed by atoms with van der Waals surface area (Å²) in [5, 5.41) is -0.767. The molecule has 1 atom stereocenters. The van der Waals surface area contributed by atoms with Crippen LogP contribution in [0.3, 0.4) is 0 Å². The van der Waals surface area contributed by atoms with Crippen molar-refractivity contribution >= 4 is 40.1 Å². The van der Waals surface area contributed by atoms with Crippen LogP contribution in [0.4, 0.5) is 0 Å². The van der Waals surface area contributed by atoms with E-state index >= 15 is 0 Å². The number of halogens is 1. The van der Waals surface area contributed by atoms with Crippen molar-refractivity contribution < 1.29 is 23.1 Å². The Morgan fingerprint density at radius 1 is 1.14 bits per heavy atom. The highest BCUT2D eigenvalue weighted by atomic mass is 79.9. The fraction of sp³-hybridized carbons (Fsp3) is 0.500. The standard InChI is InChI=1S/C14H20BrO5PS/c1-4-18-14(16)13(11-7-9-12(15)10-8-11)22-21(17,19-5-2)20-6-3/h7-10,13H,4-6H2,1-3H3. The summed E-state index contributed by atoms with van der Waals surface area (Å²) in [7, 11) is 0. The second kappa shape index (κ2) is 9.73. The molecule has 0 saturated heterocycles. The lowest BCUT2D eigenvalue weighted by molar-refractivity contribution is -0.142. The zero-order valence-electron chi connectivity index (χ0n) is 12.8. The highest BCUT2D eigenvalue weighted by Gasteiger charge is 2.35. The molecule has 5 nitrogen and oxygen atoms in total. The maximum Gasteiger partial charge on any atom is 0.390 e. The summed E-state index contributed by atoms with van der Waals surface area (Å²) in [4.78, 5) is 12.2. The molecule has 0 aromatic heterocycles. The molecule has 1 unspecified atom stereocenters. The van der Waals surface area contributed by atoms with Gasteiger partial charge in [0.25, 0.3) is 0 Å². The number of rotatable bonds is 9. The normalized spacial score (nSPS) is 12.9. The molecule has 0 spiro atoms. The van der Waals surface area contributed by atoms with Crippen LogP contribution in [-0.2, 0) is 23.1 Å². The second-order valence-corrected chi connectivity index (χ2v) is 9.05. The van der Waals surface area contributed by atoms with E-state index in [-0.39, 0.29) is 19.8 Å². The van der Waals surface area contributed by atoms with Crippen molar-refractivity contribution in [3.63, 3.8) is 0 Å². The van der Waals surface area contributed by atoms with Gasteiger partial charge in [-0.2, -0.15) is 0 Å². The summed E-state index contributed by atoms with van der Waals surface area (Å²) >= 11 is 4.22. The average molecular weight is 411 g/mol. The largest absolute Gasteiger partial charge is 0.465 e. The van der Waals surface area contributed by atoms with Crippen LogP contribution >= 0.6 is 34.1 Å². The van der Waals surface area contributed by atoms with Gasteiger partial charge in [-0.3, -0.25) is 4.79 Å². The summed E-state index contributed by atoms with van der Waals surface area (Å²) in [5.74, 6) is -0.463. The number of esters is 1. The molecule has 0 fully saturated rings. The van der Waals surface area contributed by atoms with Gasteiger partial charge in [0.15, 0.2) is 0 Å². The minimum Gasteiger partial charge on any atom is -0.465 e. The van der Waals surface area contributed by atoms with E-state index in [1.54, 1.807) is 32.9 Å². The quantitative estimate of drug-likeness (QED) is 0.423. The lowest BCUT2D eigenvalue weighted by atomic mass is 10.1. The van der Waals surface area contributed by atoms with E-state index in [0.29, 0.717) is 5.56 Å². The predicted molar refractivity (Wildman–Crippen MR) is 92.0 cm³/mol. The first-order chi connectivity index (χ1) is 10.5. The van der Waals surface area contributed by atoms with Gasteiger partial charge in [0, 0.05) is 4.47 Å². The lowest BCUT2D eigenvalue weighted by Gasteiger charge is -2.21. The third-order valence-corrected chi connectivity index (χ3v) is 7.13. The molecule has 0 amide bonds. The van der Waals surface area contributed by atoms with Gasteiger partial charge in [-0.25, -0.2) is 4.57 Å². The zero-order chi connectivity index (χ0) is 16.6. The molecule has 0 saturated carbocycles. The number of carbonyl (C=O) groups is 1. The van der Waals surface area contributed by atoms with Crippen molar-refractivity contribution in [1.82, 2.24) is 0 Å². The third-order valence-electron chi connectivity index (χ3n) is 2.48. The van der Waals surface area contributed by atoms with E-state index in [0.717, 1.165) is 15.9 Å². The fourth-order valence-electron chi connectivity index (χ4n) is 1.64. The highest BCUT2D eigenvalue weighted by Crippen LogP contribution is 2.65. The van der Waals surface area contributed by atoms with E-state index in [4.69, 9.17) is 13.8 Å². The zero-order valence-corrected chi connectivity index (χ0v) is 16.1. The highest BCUT2D eigenvalue weighted by molar-refractivity contribution is 9.10. The molecular formula is C14H20BrO5PS. The molecule has 1 aromatic carbocycles. The van der Waals surface area contributed by atoms with Gasteiger partial charge in [0.2, 0.25) is 0 Å². The Morgan fingerprint density at radius 2 is 1.68 bits per heavy atom. The first kappa shape index (κ1) is 19.7. The van der Waals surface area contributed by atoms with Crippen LogP contribution in [0.5, 0.6) is 0 Å². The fourth-order valence-corrected chi connectivity index (χ4v) is 5.82. The molecule has 1 aromatic rings. The van der Waals surface area contributed by atoms with Crippen LogP contribution in [0.2, 0.25) is 0 Å². The summed E-state index contributed by atoms with van der Waals surface area (Å²) in [6.07, 6.45) is 0. The summed E-state index contributed by atoms with van der Waals surface area (Å²) < 4.78 is 29.2. The topological polar surface area (TPSA) is 61.8 Å². The van der Waals surface area contributed by atoms with E-state index in [2.05, 4.69) is 15.9 Å². The van der Waals surface area contributed by atoms with E-state index in [1.807, 2.05) is 12.1 Å². The molecule has 8 heteroatoms. The SMILES string of the molecule is CCOC(=O)C(SP(=O)(OCC)OCC)c1ccc(Br)cc1. The smallest absolute Gasteiger partial charge is 0.390 e. The Morgan fingerprint density at radius 3 is 2.14 bits per heavy atom. The van der Waals surface area contributed by atoms with Crippen LogP contribution in [0.15, 0.2) is 28.7 Å². The van der Waals surface area contributed by atoms with Crippen molar-refractivity contribution in [2.24, 2.45) is 0 Å². The molecule has 0 aliphatic heterocycles. The number of carbonyl (C=O) groups excluding carboxylic acids is 1. The molecule has 124 valence electrons. The molecular weight excluding hydrogens is 391 g/mol. The number of hydrogen-bond acceptors (Lipinski definition) is 6. The minimum atomic E-state index is -3.43. The Labute approximate surface area is 143 Å². The van der Waals surface area contributed by atoms with Crippen LogP contribution in [0.1, 0.15) is 31.6 Å². The molecule has 0 radical (unpaired) electrons. The predicted octanol–water partition coefficient (Wildman–Crippen LogP) is 4.97. The van der Waals surface area contributed by atoms with Gasteiger partial charge >= 0.3 is 12.8 Å². The molecule has 0 aliphatic rings. The van der Waals surface area contributed by atoms with Crippen molar-refractivity contribution in [3.05, 3.63) is 34.3 Å². The first-order valence-corrected chi connectivity index (χ1v) is 10.8. The van der Waals surface area contributed by atoms with E-state index in [9.17, 15) is 9.36 Å². The molecule has 22 heavy (non-hydrogen) atoms. The van der Waals surface area contributed by atoms with Gasteiger partial charge in [-0.15, -0.1) is 0 Å². The minimum absolute atomic E-state index is 0.236. The third kappa shape index (κ3) is 6.05. The molecule has 1 rings (SSSR count). The van der Waals surface area contributed by atoms with Crippen LogP contribution in [0, 0.1) is 0 Å². The van der Waals surface area contributed by atoms with Crippen molar-refractivity contribution in [2.45, 2.75) is 26.0 Å². The van der Waals surface area contributed by atoms with Crippen molar-refractivity contribution in [2.75, 3.05) is 19.8 Å². The van der Waals surface area contributed by atoms with Crippen molar-refractivity contribution in [1.29, 1.82) is 0 Å². The molecule has 0 bridgehead atoms. The van der Waals surface area contributed by atoms with Crippen LogP contribution in [-0.4, -0.2) is 25.8 Å². The lowest BCUT2D eigenvalue weighted by Crippen LogP contribution is -2.13. The van der Waals surface area contributed by atoms with E-state index in [1.165, 1.54) is 0 Å². The number of hydrogen-bond donors (Lipinski definition) is 0. The number of benzene rings is 1. The van der Waals surface area contributed by atoms with Crippen molar-refractivity contribution in [3.8, 4) is 0 Å². The van der Waals surface area contributed by atoms with Gasteiger partial charge < -0.3 is 13.8 Å². The molecule has 0 aliphatic carbocycles. The van der Waals surface area contributed by atoms with Gasteiger partial charge in [-0.05, 0) is 49.8 Å². The summed E-state index contributed by atoms with van der Waals surface area (Å²) in [5.41, 5.74) is 0.686. The Bertz CT molecular complexity index is 512. The maximum absolute atomic E-state index is 12.7. The summed E-state index contributed by atoms with van der Waals surface area (Å²) in [6.45, 7) is 2.48. The van der Waals surface area contributed by atoms with Crippen LogP contribution < -0.4 is 0 Å². The second-order valence-electron chi connectivity index (χ2n) is 4.07. The summed E-state index contributed by atoms with van der Waals surface area (Å²) in [6, 6.07) is 7.19. The van der Waals surface area contributed by atoms with Gasteiger partial charge in [0.05, 0.1) is 19.8 Å². The average Bonchev–Trinajstić information content (AvgIpc) is 2.47. The molecule has 0 heterocycles. The Balaban J connectivity index is 3.06. The Kier molecular flexibility index (Phi) is 8.72.